The molecular formula is C19H27ClCuN6S2. The Labute approximate surface area is 200 Å². The Kier molecular flexibility index (Phi) is 14.1. The van der Waals surface area contributed by atoms with Gasteiger partial charge in [0.25, 0.3) is 0 Å². The van der Waals surface area contributed by atoms with Crippen molar-refractivity contribution < 1.29 is 17.1 Å². The van der Waals surface area contributed by atoms with Crippen LogP contribution in [0.15, 0.2) is 44.7 Å². The molecule has 0 fully saturated rings. The number of amidine groups is 2. The molecule has 0 unspecified atom stereocenters. The van der Waals surface area contributed by atoms with Crippen LogP contribution < -0.4 is 0 Å². The number of nitrogens with zero attached hydrogens (tertiary/aromatic N) is 6. The van der Waals surface area contributed by atoms with E-state index in [1.807, 2.05) is 56.6 Å². The standard InChI is InChI=1S/C19H29ClN6S2.Cu/c1-6-25(7-2)18(27)23-21-14(5)17(15-10-12-16(20)13-11-15)22-24-19(28)26(8-3)9-4;/h10-13H,6-9H2,1-5H3,(H,23,27)(H,24,28);/q;+2/p-2. The van der Waals surface area contributed by atoms with Crippen molar-refractivity contribution in [1.82, 2.24) is 9.80 Å². The molecule has 0 bridgehead atoms. The van der Waals surface area contributed by atoms with Crippen LogP contribution >= 0.6 is 11.6 Å². The van der Waals surface area contributed by atoms with Crippen molar-refractivity contribution in [2.45, 2.75) is 34.6 Å². The Bertz CT molecular complexity index is 742. The molecule has 0 aromatic heterocycles. The number of halogens is 1. The first-order chi connectivity index (χ1) is 13.4. The summed E-state index contributed by atoms with van der Waals surface area (Å²) in [4.78, 5) is 3.90. The van der Waals surface area contributed by atoms with Crippen molar-refractivity contribution in [1.29, 1.82) is 0 Å². The van der Waals surface area contributed by atoms with Crippen LogP contribution in [0, 0.1) is 0 Å². The van der Waals surface area contributed by atoms with Crippen LogP contribution in [0.4, 0.5) is 0 Å². The summed E-state index contributed by atoms with van der Waals surface area (Å²) in [5.74, 6) is 0. The quantitative estimate of drug-likeness (QED) is 0.178. The topological polar surface area (TPSA) is 55.9 Å². The summed E-state index contributed by atoms with van der Waals surface area (Å²) >= 11 is 16.7. The average molecular weight is 503 g/mol. The van der Waals surface area contributed by atoms with Crippen LogP contribution in [0.5, 0.6) is 0 Å². The van der Waals surface area contributed by atoms with Crippen molar-refractivity contribution in [3.8, 4) is 0 Å². The number of hydrogen-bond donors (Lipinski definition) is 0. The Morgan fingerprint density at radius 2 is 1.21 bits per heavy atom. The van der Waals surface area contributed by atoms with E-state index in [4.69, 9.17) is 36.9 Å². The Hall–Kier alpha value is -1.25. The van der Waals surface area contributed by atoms with E-state index in [0.29, 0.717) is 26.8 Å². The normalized spacial score (nSPS) is 13.2. The summed E-state index contributed by atoms with van der Waals surface area (Å²) in [6.45, 7) is 13.0. The summed E-state index contributed by atoms with van der Waals surface area (Å²) in [6, 6.07) is 7.30. The van der Waals surface area contributed by atoms with Crippen molar-refractivity contribution in [3.63, 3.8) is 0 Å². The van der Waals surface area contributed by atoms with Gasteiger partial charge in [0.05, 0.1) is 5.71 Å². The molecule has 0 saturated carbocycles. The van der Waals surface area contributed by atoms with Crippen molar-refractivity contribution in [2.75, 3.05) is 26.2 Å². The fourth-order valence-electron chi connectivity index (χ4n) is 2.32. The van der Waals surface area contributed by atoms with Gasteiger partial charge in [0.15, 0.2) is 0 Å². The molecule has 0 N–H and O–H groups in total. The number of rotatable bonds is 8. The number of hydrogen-bond acceptors (Lipinski definition) is 6. The molecule has 6 nitrogen and oxygen atoms in total. The van der Waals surface area contributed by atoms with Crippen LogP contribution in [0.3, 0.4) is 0 Å². The summed E-state index contributed by atoms with van der Waals surface area (Å²) in [5, 5.41) is 18.6. The minimum Gasteiger partial charge on any atom is -0.741 e. The van der Waals surface area contributed by atoms with Crippen molar-refractivity contribution in [2.24, 2.45) is 20.4 Å². The molecule has 1 rings (SSSR count). The molecule has 1 aromatic carbocycles. The van der Waals surface area contributed by atoms with E-state index in [2.05, 4.69) is 20.4 Å². The predicted octanol–water partition coefficient (Wildman–Crippen LogP) is 3.91. The Morgan fingerprint density at radius 1 is 0.793 bits per heavy atom. The molecule has 0 atom stereocenters. The maximum absolute atomic E-state index is 6.01. The van der Waals surface area contributed by atoms with E-state index < -0.39 is 0 Å². The SMILES string of the molecule is CCN(CC)C([S-])=NN=C(C)C(=NN=C([S-])N(CC)CC)c1ccc(Cl)cc1.[Cu+2]. The predicted molar refractivity (Wildman–Crippen MR) is 127 cm³/mol. The van der Waals surface area contributed by atoms with Gasteiger partial charge in [-0.1, -0.05) is 23.7 Å². The molecule has 0 aliphatic heterocycles. The van der Waals surface area contributed by atoms with Gasteiger partial charge in [-0.25, -0.2) is 0 Å². The minimum absolute atomic E-state index is 0. The Balaban J connectivity index is 0.00000784. The van der Waals surface area contributed by atoms with Crippen LogP contribution in [0.1, 0.15) is 40.2 Å². The fraction of sp³-hybridized carbons (Fsp3) is 0.474. The van der Waals surface area contributed by atoms with Gasteiger partial charge >= 0.3 is 17.1 Å². The van der Waals surface area contributed by atoms with E-state index in [1.165, 1.54) is 0 Å². The number of benzene rings is 1. The van der Waals surface area contributed by atoms with Crippen molar-refractivity contribution in [3.05, 3.63) is 34.9 Å². The van der Waals surface area contributed by atoms with E-state index >= 15 is 0 Å². The average Bonchev–Trinajstić information content (AvgIpc) is 2.69. The summed E-state index contributed by atoms with van der Waals surface area (Å²) in [7, 11) is 0. The molecule has 163 valence electrons. The summed E-state index contributed by atoms with van der Waals surface area (Å²) in [5.41, 5.74) is 1.97. The monoisotopic (exact) mass is 501 g/mol. The fourth-order valence-corrected chi connectivity index (χ4v) is 3.04. The first kappa shape index (κ1) is 27.7. The molecule has 1 aromatic rings. The molecule has 0 aliphatic rings. The molecule has 0 amide bonds. The van der Waals surface area contributed by atoms with Gasteiger partial charge in [0, 0.05) is 47.1 Å². The van der Waals surface area contributed by atoms with E-state index in [0.717, 1.165) is 31.7 Å². The van der Waals surface area contributed by atoms with Gasteiger partial charge in [-0.15, -0.1) is 5.10 Å². The molecule has 0 spiro atoms. The molecule has 0 aliphatic carbocycles. The largest absolute Gasteiger partial charge is 2.00 e. The zero-order valence-corrected chi connectivity index (χ0v) is 20.6. The van der Waals surface area contributed by atoms with Gasteiger partial charge < -0.3 is 35.1 Å². The molecule has 10 heteroatoms. The third-order valence-corrected chi connectivity index (χ3v) is 4.98. The molecule has 29 heavy (non-hydrogen) atoms. The molecule has 0 heterocycles. The van der Waals surface area contributed by atoms with E-state index in [1.54, 1.807) is 12.1 Å². The Morgan fingerprint density at radius 3 is 1.62 bits per heavy atom. The van der Waals surface area contributed by atoms with Crippen LogP contribution in [-0.4, -0.2) is 57.7 Å². The first-order valence-corrected chi connectivity index (χ1v) is 10.4. The second-order valence-corrected chi connectivity index (χ2v) is 6.92. The zero-order valence-electron chi connectivity index (χ0n) is 17.3. The van der Waals surface area contributed by atoms with Gasteiger partial charge in [-0.2, -0.15) is 15.3 Å². The first-order valence-electron chi connectivity index (χ1n) is 9.25. The minimum atomic E-state index is 0. The second-order valence-electron chi connectivity index (χ2n) is 5.75. The third-order valence-electron chi connectivity index (χ3n) is 4.05. The molecule has 0 saturated heterocycles. The molecule has 1 radical (unpaired) electrons. The maximum Gasteiger partial charge on any atom is 2.00 e. The summed E-state index contributed by atoms with van der Waals surface area (Å²) < 4.78 is 0. The van der Waals surface area contributed by atoms with Gasteiger partial charge in [-0.05, 0) is 46.8 Å². The van der Waals surface area contributed by atoms with Gasteiger partial charge in [0.2, 0.25) is 0 Å². The smallest absolute Gasteiger partial charge is 0.741 e. The maximum atomic E-state index is 6.01. The van der Waals surface area contributed by atoms with Gasteiger partial charge in [-0.3, -0.25) is 0 Å². The van der Waals surface area contributed by atoms with E-state index in [-0.39, 0.29) is 17.1 Å². The van der Waals surface area contributed by atoms with Crippen LogP contribution in [-0.2, 0) is 42.3 Å². The van der Waals surface area contributed by atoms with Crippen LogP contribution in [0.2, 0.25) is 5.02 Å². The summed E-state index contributed by atoms with van der Waals surface area (Å²) in [6.07, 6.45) is 0. The van der Waals surface area contributed by atoms with Crippen LogP contribution in [0.25, 0.3) is 0 Å². The second kappa shape index (κ2) is 14.7. The van der Waals surface area contributed by atoms with Crippen molar-refractivity contribution >= 4 is 58.6 Å². The zero-order chi connectivity index (χ0) is 21.1. The van der Waals surface area contributed by atoms with E-state index in [9.17, 15) is 0 Å². The third kappa shape index (κ3) is 8.97. The molecular weight excluding hydrogens is 475 g/mol. The van der Waals surface area contributed by atoms with Gasteiger partial charge in [0.1, 0.15) is 5.71 Å².